The number of hydrogen-bond acceptors (Lipinski definition) is 5. The molecule has 4 atom stereocenters. The van der Waals surface area contributed by atoms with E-state index in [1.165, 1.54) is 116 Å². The Kier molecular flexibility index (Phi) is 32.7. The molecule has 0 fully saturated rings. The second-order valence-corrected chi connectivity index (χ2v) is 13.3. The van der Waals surface area contributed by atoms with Crippen molar-refractivity contribution >= 4 is 5.91 Å². The van der Waals surface area contributed by atoms with E-state index in [4.69, 9.17) is 0 Å². The van der Waals surface area contributed by atoms with Gasteiger partial charge < -0.3 is 25.7 Å². The van der Waals surface area contributed by atoms with Crippen LogP contribution in [0.4, 0.5) is 0 Å². The highest BCUT2D eigenvalue weighted by Gasteiger charge is 2.28. The van der Waals surface area contributed by atoms with E-state index in [2.05, 4.69) is 31.3 Å². The van der Waals surface area contributed by atoms with Gasteiger partial charge in [0.25, 0.3) is 0 Å². The number of carbonyl (C=O) groups is 1. The number of rotatable bonds is 34. The highest BCUT2D eigenvalue weighted by atomic mass is 16.3. The van der Waals surface area contributed by atoms with Gasteiger partial charge in [-0.1, -0.05) is 167 Å². The van der Waals surface area contributed by atoms with Crippen molar-refractivity contribution in [3.05, 3.63) is 12.2 Å². The van der Waals surface area contributed by atoms with Crippen molar-refractivity contribution in [1.82, 2.24) is 5.32 Å². The molecule has 1 amide bonds. The Labute approximate surface area is 272 Å². The van der Waals surface area contributed by atoms with E-state index in [0.717, 1.165) is 51.4 Å². The summed E-state index contributed by atoms with van der Waals surface area (Å²) in [6, 6.07) is -0.984. The van der Waals surface area contributed by atoms with Gasteiger partial charge in [-0.3, -0.25) is 4.79 Å². The normalized spacial score (nSPS) is 14.6. The molecule has 0 spiro atoms. The minimum Gasteiger partial charge on any atom is -0.394 e. The van der Waals surface area contributed by atoms with E-state index in [1.807, 2.05) is 0 Å². The number of nitrogens with one attached hydrogen (secondary N) is 1. The summed E-state index contributed by atoms with van der Waals surface area (Å²) >= 11 is 0. The maximum absolute atomic E-state index is 12.4. The molecule has 0 aliphatic carbocycles. The molecule has 5 N–H and O–H groups in total. The Morgan fingerprint density at radius 1 is 0.545 bits per heavy atom. The number of amides is 1. The monoisotopic (exact) mass is 626 g/mol. The summed E-state index contributed by atoms with van der Waals surface area (Å²) in [5.74, 6) is -0.593. The van der Waals surface area contributed by atoms with E-state index >= 15 is 0 Å². The summed E-state index contributed by atoms with van der Waals surface area (Å²) in [5, 5.41) is 43.4. The molecule has 6 nitrogen and oxygen atoms in total. The lowest BCUT2D eigenvalue weighted by Crippen LogP contribution is -2.53. The molecule has 0 aliphatic heterocycles. The minimum atomic E-state index is -1.26. The van der Waals surface area contributed by atoms with Crippen LogP contribution in [0.15, 0.2) is 12.2 Å². The van der Waals surface area contributed by atoms with Gasteiger partial charge in [0, 0.05) is 0 Å². The van der Waals surface area contributed by atoms with Gasteiger partial charge in [0.1, 0.15) is 12.2 Å². The topological polar surface area (TPSA) is 110 Å². The number of hydrogen-bond donors (Lipinski definition) is 5. The molecule has 262 valence electrons. The third-order valence-corrected chi connectivity index (χ3v) is 8.98. The van der Waals surface area contributed by atoms with E-state index in [-0.39, 0.29) is 0 Å². The zero-order valence-corrected chi connectivity index (χ0v) is 29.2. The Morgan fingerprint density at radius 2 is 0.909 bits per heavy atom. The number of unbranched alkanes of at least 4 members (excludes halogenated alkanes) is 23. The van der Waals surface area contributed by atoms with Crippen molar-refractivity contribution in [2.24, 2.45) is 0 Å². The SMILES string of the molecule is CCCCCCCCCCC/C=C\CCCCCCC(O)C(=O)NC(CO)C(O)C(O)CCCCCCCCCCCCC. The minimum absolute atomic E-state index is 0.357. The summed E-state index contributed by atoms with van der Waals surface area (Å²) in [5.41, 5.74) is 0. The molecule has 0 rings (SSSR count). The lowest BCUT2D eigenvalue weighted by atomic mass is 9.99. The van der Waals surface area contributed by atoms with Crippen molar-refractivity contribution in [3.8, 4) is 0 Å². The molecule has 0 aromatic carbocycles. The van der Waals surface area contributed by atoms with Crippen LogP contribution >= 0.6 is 0 Å². The van der Waals surface area contributed by atoms with Crippen LogP contribution in [0.2, 0.25) is 0 Å². The quantitative estimate of drug-likeness (QED) is 0.0362. The Hall–Kier alpha value is -0.950. The van der Waals surface area contributed by atoms with E-state index in [0.29, 0.717) is 12.8 Å². The highest BCUT2D eigenvalue weighted by Crippen LogP contribution is 2.15. The summed E-state index contributed by atoms with van der Waals surface area (Å²) in [4.78, 5) is 12.4. The van der Waals surface area contributed by atoms with Crippen LogP contribution in [-0.2, 0) is 4.79 Å². The first kappa shape index (κ1) is 43.0. The van der Waals surface area contributed by atoms with Crippen LogP contribution in [0.5, 0.6) is 0 Å². The second-order valence-electron chi connectivity index (χ2n) is 13.3. The third-order valence-electron chi connectivity index (χ3n) is 8.98. The average molecular weight is 626 g/mol. The van der Waals surface area contributed by atoms with Gasteiger partial charge in [0.2, 0.25) is 5.91 Å². The average Bonchev–Trinajstić information content (AvgIpc) is 3.03. The summed E-state index contributed by atoms with van der Waals surface area (Å²) in [6.45, 7) is 4.02. The van der Waals surface area contributed by atoms with Gasteiger partial charge in [-0.05, 0) is 38.5 Å². The van der Waals surface area contributed by atoms with E-state index in [9.17, 15) is 25.2 Å². The first-order chi connectivity index (χ1) is 21.5. The van der Waals surface area contributed by atoms with Crippen LogP contribution < -0.4 is 5.32 Å². The predicted molar refractivity (Wildman–Crippen MR) is 187 cm³/mol. The van der Waals surface area contributed by atoms with Crippen LogP contribution in [-0.4, -0.2) is 57.3 Å². The zero-order chi connectivity index (χ0) is 32.5. The highest BCUT2D eigenvalue weighted by molar-refractivity contribution is 5.80. The molecule has 0 saturated heterocycles. The van der Waals surface area contributed by atoms with Crippen LogP contribution in [0.25, 0.3) is 0 Å². The van der Waals surface area contributed by atoms with Crippen LogP contribution in [0.1, 0.15) is 194 Å². The largest absolute Gasteiger partial charge is 0.394 e. The fraction of sp³-hybridized carbons (Fsp3) is 0.921. The number of carbonyl (C=O) groups excluding carboxylic acids is 1. The molecule has 6 heteroatoms. The Balaban J connectivity index is 3.81. The molecule has 0 saturated carbocycles. The van der Waals surface area contributed by atoms with Gasteiger partial charge in [0.05, 0.1) is 18.8 Å². The second kappa shape index (κ2) is 33.4. The van der Waals surface area contributed by atoms with Crippen molar-refractivity contribution in [1.29, 1.82) is 0 Å². The Morgan fingerprint density at radius 3 is 1.32 bits per heavy atom. The first-order valence-corrected chi connectivity index (χ1v) is 19.1. The maximum atomic E-state index is 12.4. The molecule has 0 radical (unpaired) electrons. The Bertz CT molecular complexity index is 628. The first-order valence-electron chi connectivity index (χ1n) is 19.1. The standard InChI is InChI=1S/C38H75NO5/c1-3-5-7-9-11-13-15-16-17-18-19-20-22-24-26-28-30-32-36(42)38(44)39-34(33-40)37(43)35(41)31-29-27-25-23-21-14-12-10-8-6-4-2/h19-20,34-37,40-43H,3-18,21-33H2,1-2H3,(H,39,44)/b20-19-. The van der Waals surface area contributed by atoms with Crippen LogP contribution in [0.3, 0.4) is 0 Å². The van der Waals surface area contributed by atoms with E-state index in [1.54, 1.807) is 0 Å². The molecule has 44 heavy (non-hydrogen) atoms. The summed E-state index contributed by atoms with van der Waals surface area (Å²) < 4.78 is 0. The lowest BCUT2D eigenvalue weighted by Gasteiger charge is -2.27. The maximum Gasteiger partial charge on any atom is 0.249 e. The molecule has 0 aromatic heterocycles. The number of aliphatic hydroxyl groups excluding tert-OH is 4. The van der Waals surface area contributed by atoms with Gasteiger partial charge in [-0.15, -0.1) is 0 Å². The number of allylic oxidation sites excluding steroid dienone is 2. The molecular weight excluding hydrogens is 550 g/mol. The van der Waals surface area contributed by atoms with Crippen molar-refractivity contribution in [2.75, 3.05) is 6.61 Å². The van der Waals surface area contributed by atoms with Gasteiger partial charge in [0.15, 0.2) is 0 Å². The molecule has 0 aromatic rings. The molecular formula is C38H75NO5. The molecule has 0 heterocycles. The zero-order valence-electron chi connectivity index (χ0n) is 29.2. The smallest absolute Gasteiger partial charge is 0.249 e. The molecule has 0 bridgehead atoms. The fourth-order valence-electron chi connectivity index (χ4n) is 5.87. The fourth-order valence-corrected chi connectivity index (χ4v) is 5.87. The van der Waals surface area contributed by atoms with Gasteiger partial charge in [-0.2, -0.15) is 0 Å². The summed E-state index contributed by atoms with van der Waals surface area (Å²) in [6.07, 6.45) is 33.7. The van der Waals surface area contributed by atoms with Crippen molar-refractivity contribution in [3.63, 3.8) is 0 Å². The lowest BCUT2D eigenvalue weighted by molar-refractivity contribution is -0.132. The molecule has 0 aliphatic rings. The van der Waals surface area contributed by atoms with Crippen molar-refractivity contribution in [2.45, 2.75) is 218 Å². The van der Waals surface area contributed by atoms with Gasteiger partial charge in [-0.25, -0.2) is 0 Å². The molecule has 4 unspecified atom stereocenters. The van der Waals surface area contributed by atoms with E-state index < -0.39 is 36.9 Å². The number of aliphatic hydroxyl groups is 4. The van der Waals surface area contributed by atoms with Crippen molar-refractivity contribution < 1.29 is 25.2 Å². The predicted octanol–water partition coefficient (Wildman–Crippen LogP) is 9.07. The summed E-state index contributed by atoms with van der Waals surface area (Å²) in [7, 11) is 0. The van der Waals surface area contributed by atoms with Crippen LogP contribution in [0, 0.1) is 0 Å². The third kappa shape index (κ3) is 27.4. The van der Waals surface area contributed by atoms with Gasteiger partial charge >= 0.3 is 0 Å².